The molecule has 0 aliphatic carbocycles. The minimum Gasteiger partial charge on any atom is -0.467 e. The first-order chi connectivity index (χ1) is 10.7. The summed E-state index contributed by atoms with van der Waals surface area (Å²) in [5, 5.41) is 6.47. The summed E-state index contributed by atoms with van der Waals surface area (Å²) < 4.78 is 18.3. The maximum absolute atomic E-state index is 13.1. The molecule has 2 aromatic rings. The van der Waals surface area contributed by atoms with Gasteiger partial charge in [-0.3, -0.25) is 0 Å². The highest BCUT2D eigenvalue weighted by atomic mass is 127. The van der Waals surface area contributed by atoms with E-state index in [9.17, 15) is 4.39 Å². The number of rotatable bonds is 6. The Bertz CT molecular complexity index is 614. The summed E-state index contributed by atoms with van der Waals surface area (Å²) in [6.45, 7) is 5.97. The molecule has 1 aromatic carbocycles. The van der Waals surface area contributed by atoms with Crippen LogP contribution in [-0.4, -0.2) is 19.0 Å². The van der Waals surface area contributed by atoms with E-state index in [-0.39, 0.29) is 29.8 Å². The number of hydrogen-bond donors (Lipinski definition) is 2. The number of guanidine groups is 1. The van der Waals surface area contributed by atoms with Crippen molar-refractivity contribution in [3.05, 3.63) is 59.3 Å². The van der Waals surface area contributed by atoms with Gasteiger partial charge >= 0.3 is 0 Å². The van der Waals surface area contributed by atoms with Crippen molar-refractivity contribution < 1.29 is 8.81 Å². The van der Waals surface area contributed by atoms with E-state index in [1.165, 1.54) is 6.07 Å². The fourth-order valence-corrected chi connectivity index (χ4v) is 2.16. The minimum absolute atomic E-state index is 0. The molecule has 0 atom stereocenters. The molecule has 1 aromatic heterocycles. The topological polar surface area (TPSA) is 49.6 Å². The van der Waals surface area contributed by atoms with E-state index < -0.39 is 0 Å². The molecule has 0 saturated heterocycles. The molecule has 2 rings (SSSR count). The number of benzene rings is 1. The average Bonchev–Trinajstić information content (AvgIpc) is 3.00. The highest BCUT2D eigenvalue weighted by Gasteiger charge is 2.02. The van der Waals surface area contributed by atoms with Gasteiger partial charge in [0.15, 0.2) is 5.96 Å². The largest absolute Gasteiger partial charge is 0.467 e. The predicted molar refractivity (Wildman–Crippen MR) is 102 cm³/mol. The predicted octanol–water partition coefficient (Wildman–Crippen LogP) is 3.64. The summed E-state index contributed by atoms with van der Waals surface area (Å²) in [5.74, 6) is 1.38. The molecule has 2 N–H and O–H groups in total. The SMILES string of the molecule is CCNC(=NCc1ccco1)NCCc1ccc(F)cc1C.I. The van der Waals surface area contributed by atoms with Crippen LogP contribution in [0.2, 0.25) is 0 Å². The molecule has 0 saturated carbocycles. The molecule has 23 heavy (non-hydrogen) atoms. The van der Waals surface area contributed by atoms with Crippen LogP contribution >= 0.6 is 24.0 Å². The number of aliphatic imine (C=N–C) groups is 1. The van der Waals surface area contributed by atoms with Crippen molar-refractivity contribution in [1.82, 2.24) is 10.6 Å². The van der Waals surface area contributed by atoms with Crippen LogP contribution in [0, 0.1) is 12.7 Å². The number of furan rings is 1. The molecule has 0 aliphatic heterocycles. The number of halogens is 2. The van der Waals surface area contributed by atoms with Crippen LogP contribution in [0.3, 0.4) is 0 Å². The number of hydrogen-bond acceptors (Lipinski definition) is 2. The van der Waals surface area contributed by atoms with Crippen molar-refractivity contribution in [2.45, 2.75) is 26.8 Å². The monoisotopic (exact) mass is 431 g/mol. The van der Waals surface area contributed by atoms with E-state index in [2.05, 4.69) is 15.6 Å². The third-order valence-corrected chi connectivity index (χ3v) is 3.31. The average molecular weight is 431 g/mol. The molecule has 4 nitrogen and oxygen atoms in total. The quantitative estimate of drug-likeness (QED) is 0.417. The lowest BCUT2D eigenvalue weighted by molar-refractivity contribution is 0.512. The van der Waals surface area contributed by atoms with E-state index in [4.69, 9.17) is 4.42 Å². The number of nitrogens with zero attached hydrogens (tertiary/aromatic N) is 1. The Kier molecular flexibility index (Phi) is 8.68. The molecule has 0 radical (unpaired) electrons. The summed E-state index contributed by atoms with van der Waals surface area (Å²) in [6, 6.07) is 8.64. The zero-order valence-electron chi connectivity index (χ0n) is 13.4. The lowest BCUT2D eigenvalue weighted by Gasteiger charge is -2.12. The Morgan fingerprint density at radius 1 is 1.26 bits per heavy atom. The number of nitrogens with one attached hydrogen (secondary N) is 2. The standard InChI is InChI=1S/C17H22FN3O.HI/c1-3-19-17(21-12-16-5-4-10-22-16)20-9-8-14-6-7-15(18)11-13(14)2;/h4-7,10-11H,3,8-9,12H2,1-2H3,(H2,19,20,21);1H. The smallest absolute Gasteiger partial charge is 0.191 e. The lowest BCUT2D eigenvalue weighted by atomic mass is 10.1. The lowest BCUT2D eigenvalue weighted by Crippen LogP contribution is -2.38. The first-order valence-electron chi connectivity index (χ1n) is 7.48. The van der Waals surface area contributed by atoms with Crippen molar-refractivity contribution in [2.24, 2.45) is 4.99 Å². The van der Waals surface area contributed by atoms with Gasteiger partial charge in [-0.1, -0.05) is 6.07 Å². The van der Waals surface area contributed by atoms with Gasteiger partial charge < -0.3 is 15.1 Å². The van der Waals surface area contributed by atoms with Crippen molar-refractivity contribution in [3.8, 4) is 0 Å². The normalized spacial score (nSPS) is 11.0. The van der Waals surface area contributed by atoms with Crippen molar-refractivity contribution in [3.63, 3.8) is 0 Å². The summed E-state index contributed by atoms with van der Waals surface area (Å²) in [5.41, 5.74) is 2.11. The molecule has 0 unspecified atom stereocenters. The van der Waals surface area contributed by atoms with Gasteiger partial charge in [-0.05, 0) is 55.7 Å². The molecule has 0 bridgehead atoms. The van der Waals surface area contributed by atoms with E-state index >= 15 is 0 Å². The zero-order valence-corrected chi connectivity index (χ0v) is 15.8. The molecule has 0 amide bonds. The van der Waals surface area contributed by atoms with Crippen LogP contribution in [0.25, 0.3) is 0 Å². The van der Waals surface area contributed by atoms with Gasteiger partial charge in [0, 0.05) is 13.1 Å². The number of aryl methyl sites for hydroxylation is 1. The van der Waals surface area contributed by atoms with E-state index in [1.807, 2.05) is 32.0 Å². The van der Waals surface area contributed by atoms with Gasteiger partial charge in [-0.2, -0.15) is 0 Å². The van der Waals surface area contributed by atoms with Gasteiger partial charge in [0.25, 0.3) is 0 Å². The molecule has 0 spiro atoms. The Morgan fingerprint density at radius 2 is 2.09 bits per heavy atom. The molecular formula is C17H23FIN3O. The first kappa shape index (κ1) is 19.5. The molecule has 0 aliphatic rings. The van der Waals surface area contributed by atoms with Crippen LogP contribution in [0.1, 0.15) is 23.8 Å². The van der Waals surface area contributed by atoms with Crippen molar-refractivity contribution in [1.29, 1.82) is 0 Å². The van der Waals surface area contributed by atoms with Crippen molar-refractivity contribution >= 4 is 29.9 Å². The van der Waals surface area contributed by atoms with E-state index in [1.54, 1.807) is 12.3 Å². The second-order valence-electron chi connectivity index (χ2n) is 5.02. The molecule has 0 fully saturated rings. The fraction of sp³-hybridized carbons (Fsp3) is 0.353. The highest BCUT2D eigenvalue weighted by molar-refractivity contribution is 14.0. The Labute approximate surface area is 153 Å². The molecule has 6 heteroatoms. The Balaban J connectivity index is 0.00000264. The van der Waals surface area contributed by atoms with E-state index in [0.29, 0.717) is 6.54 Å². The Hall–Kier alpha value is -1.57. The maximum Gasteiger partial charge on any atom is 0.191 e. The maximum atomic E-state index is 13.1. The first-order valence-corrected chi connectivity index (χ1v) is 7.48. The van der Waals surface area contributed by atoms with E-state index in [0.717, 1.165) is 42.4 Å². The fourth-order valence-electron chi connectivity index (χ4n) is 2.16. The van der Waals surface area contributed by atoms with Crippen LogP contribution < -0.4 is 10.6 Å². The van der Waals surface area contributed by atoms with Gasteiger partial charge in [-0.15, -0.1) is 24.0 Å². The zero-order chi connectivity index (χ0) is 15.8. The molecule has 1 heterocycles. The Morgan fingerprint density at radius 3 is 2.74 bits per heavy atom. The summed E-state index contributed by atoms with van der Waals surface area (Å²) >= 11 is 0. The highest BCUT2D eigenvalue weighted by Crippen LogP contribution is 2.10. The second-order valence-corrected chi connectivity index (χ2v) is 5.02. The molecular weight excluding hydrogens is 408 g/mol. The van der Waals surface area contributed by atoms with Gasteiger partial charge in [0.05, 0.1) is 6.26 Å². The van der Waals surface area contributed by atoms with Gasteiger partial charge in [0.1, 0.15) is 18.1 Å². The van der Waals surface area contributed by atoms with Crippen molar-refractivity contribution in [2.75, 3.05) is 13.1 Å². The molecule has 126 valence electrons. The van der Waals surface area contributed by atoms with Gasteiger partial charge in [0.2, 0.25) is 0 Å². The van der Waals surface area contributed by atoms with Gasteiger partial charge in [-0.25, -0.2) is 9.38 Å². The van der Waals surface area contributed by atoms with Crippen LogP contribution in [0.4, 0.5) is 4.39 Å². The van der Waals surface area contributed by atoms with Crippen LogP contribution in [0.5, 0.6) is 0 Å². The third kappa shape index (κ3) is 6.60. The van der Waals surface area contributed by atoms with Crippen LogP contribution in [-0.2, 0) is 13.0 Å². The second kappa shape index (κ2) is 10.3. The summed E-state index contributed by atoms with van der Waals surface area (Å²) in [7, 11) is 0. The summed E-state index contributed by atoms with van der Waals surface area (Å²) in [6.07, 6.45) is 2.46. The van der Waals surface area contributed by atoms with Crippen LogP contribution in [0.15, 0.2) is 46.0 Å². The minimum atomic E-state index is -0.192. The summed E-state index contributed by atoms with van der Waals surface area (Å²) in [4.78, 5) is 4.46. The third-order valence-electron chi connectivity index (χ3n) is 3.31.